The maximum atomic E-state index is 12.6. The van der Waals surface area contributed by atoms with Gasteiger partial charge in [-0.25, -0.2) is 9.59 Å². The van der Waals surface area contributed by atoms with Gasteiger partial charge in [-0.1, -0.05) is 0 Å². The van der Waals surface area contributed by atoms with Crippen molar-refractivity contribution in [2.24, 2.45) is 4.99 Å². The Labute approximate surface area is 203 Å². The minimum atomic E-state index is -0.498. The Morgan fingerprint density at radius 1 is 1.06 bits per heavy atom. The maximum Gasteiger partial charge on any atom is 0.410 e. The lowest BCUT2D eigenvalue weighted by molar-refractivity contribution is 0.0104. The van der Waals surface area contributed by atoms with Crippen LogP contribution in [0.4, 0.5) is 9.59 Å². The van der Waals surface area contributed by atoms with E-state index in [2.05, 4.69) is 15.6 Å². The molecule has 0 aliphatic carbocycles. The topological polar surface area (TPSA) is 95.5 Å². The number of aliphatic imine (C=N–C) groups is 1. The molecule has 0 aromatic carbocycles. The Kier molecular flexibility index (Phi) is 11.7. The molecule has 2 fully saturated rings. The van der Waals surface area contributed by atoms with Gasteiger partial charge in [0.2, 0.25) is 0 Å². The number of hydrogen-bond acceptors (Lipinski definition) is 5. The predicted octanol–water partition coefficient (Wildman–Crippen LogP) is 3.18. The fourth-order valence-corrected chi connectivity index (χ4v) is 3.80. The van der Waals surface area contributed by atoms with Crippen LogP contribution in [0.3, 0.4) is 0 Å². The van der Waals surface area contributed by atoms with Gasteiger partial charge in [-0.3, -0.25) is 4.99 Å². The number of ether oxygens (including phenoxy) is 2. The smallest absolute Gasteiger partial charge is 0.410 e. The van der Waals surface area contributed by atoms with Gasteiger partial charge in [-0.15, -0.1) is 24.0 Å². The molecule has 0 bridgehead atoms. The third-order valence-corrected chi connectivity index (χ3v) is 5.35. The van der Waals surface area contributed by atoms with Crippen LogP contribution in [0, 0.1) is 0 Å². The van der Waals surface area contributed by atoms with Gasteiger partial charge in [0.15, 0.2) is 5.96 Å². The highest BCUT2D eigenvalue weighted by Crippen LogP contribution is 2.20. The number of rotatable bonds is 4. The number of amides is 2. The zero-order chi connectivity index (χ0) is 22.1. The third-order valence-electron chi connectivity index (χ3n) is 5.35. The van der Waals surface area contributed by atoms with Gasteiger partial charge in [0.05, 0.1) is 12.6 Å². The maximum absolute atomic E-state index is 12.6. The van der Waals surface area contributed by atoms with Crippen LogP contribution in [-0.4, -0.2) is 85.5 Å². The molecule has 1 unspecified atom stereocenters. The summed E-state index contributed by atoms with van der Waals surface area (Å²) in [5.41, 5.74) is -0.498. The highest BCUT2D eigenvalue weighted by Gasteiger charge is 2.31. The van der Waals surface area contributed by atoms with E-state index in [-0.39, 0.29) is 48.2 Å². The van der Waals surface area contributed by atoms with E-state index < -0.39 is 5.60 Å². The number of guanidine groups is 1. The molecule has 0 saturated carbocycles. The Hall–Kier alpha value is -1.46. The van der Waals surface area contributed by atoms with E-state index in [0.717, 1.165) is 44.6 Å². The molecule has 1 atom stereocenters. The standard InChI is InChI=1S/C21H39N5O4.HI/c1-6-29-19(27)25-13-10-16(11-14-25)24-18(22-5)23-15-17-9-7-8-12-26(17)20(28)30-21(2,3)4;/h16-17H,6-15H2,1-5H3,(H2,22,23,24);1H. The molecular formula is C21H40IN5O4. The van der Waals surface area contributed by atoms with Gasteiger partial charge in [0, 0.05) is 39.3 Å². The second-order valence-corrected chi connectivity index (χ2v) is 8.88. The molecule has 0 aromatic rings. The van der Waals surface area contributed by atoms with Crippen molar-refractivity contribution in [3.05, 3.63) is 0 Å². The van der Waals surface area contributed by atoms with Gasteiger partial charge in [0.1, 0.15) is 5.60 Å². The molecule has 31 heavy (non-hydrogen) atoms. The number of nitrogens with zero attached hydrogens (tertiary/aromatic N) is 3. The van der Waals surface area contributed by atoms with E-state index in [1.54, 1.807) is 11.9 Å². The van der Waals surface area contributed by atoms with Gasteiger partial charge in [-0.2, -0.15) is 0 Å². The van der Waals surface area contributed by atoms with Crippen molar-refractivity contribution in [2.45, 2.75) is 77.5 Å². The second kappa shape index (κ2) is 13.2. The fraction of sp³-hybridized carbons (Fsp3) is 0.857. The summed E-state index contributed by atoms with van der Waals surface area (Å²) < 4.78 is 10.7. The molecule has 2 saturated heterocycles. The Morgan fingerprint density at radius 2 is 1.74 bits per heavy atom. The monoisotopic (exact) mass is 553 g/mol. The second-order valence-electron chi connectivity index (χ2n) is 8.88. The van der Waals surface area contributed by atoms with Crippen molar-refractivity contribution < 1.29 is 19.1 Å². The summed E-state index contributed by atoms with van der Waals surface area (Å²) in [4.78, 5) is 32.3. The summed E-state index contributed by atoms with van der Waals surface area (Å²) in [5, 5.41) is 6.82. The first-order valence-electron chi connectivity index (χ1n) is 11.1. The van der Waals surface area contributed by atoms with Crippen LogP contribution < -0.4 is 10.6 Å². The lowest BCUT2D eigenvalue weighted by Gasteiger charge is -2.37. The van der Waals surface area contributed by atoms with Crippen molar-refractivity contribution in [1.82, 2.24) is 20.4 Å². The first kappa shape index (κ1) is 27.6. The van der Waals surface area contributed by atoms with E-state index in [9.17, 15) is 9.59 Å². The molecule has 9 nitrogen and oxygen atoms in total. The van der Waals surface area contributed by atoms with E-state index in [1.807, 2.05) is 32.6 Å². The first-order chi connectivity index (χ1) is 14.2. The molecule has 2 rings (SSSR count). The number of halogens is 1. The van der Waals surface area contributed by atoms with Crippen molar-refractivity contribution >= 4 is 42.1 Å². The molecule has 0 aromatic heterocycles. The summed E-state index contributed by atoms with van der Waals surface area (Å²) in [5.74, 6) is 0.722. The first-order valence-corrected chi connectivity index (χ1v) is 11.1. The molecule has 2 heterocycles. The molecule has 180 valence electrons. The Morgan fingerprint density at radius 3 is 2.32 bits per heavy atom. The van der Waals surface area contributed by atoms with Crippen molar-refractivity contribution in [1.29, 1.82) is 0 Å². The quantitative estimate of drug-likeness (QED) is 0.316. The molecule has 10 heteroatoms. The van der Waals surface area contributed by atoms with Crippen molar-refractivity contribution in [2.75, 3.05) is 39.8 Å². The van der Waals surface area contributed by atoms with Crippen molar-refractivity contribution in [3.8, 4) is 0 Å². The highest BCUT2D eigenvalue weighted by molar-refractivity contribution is 14.0. The summed E-state index contributed by atoms with van der Waals surface area (Å²) in [6.07, 6.45) is 4.24. The minimum Gasteiger partial charge on any atom is -0.450 e. The lowest BCUT2D eigenvalue weighted by atomic mass is 10.0. The number of piperidine rings is 2. The molecule has 0 radical (unpaired) electrons. The average Bonchev–Trinajstić information content (AvgIpc) is 2.70. The zero-order valence-electron chi connectivity index (χ0n) is 19.6. The van der Waals surface area contributed by atoms with E-state index >= 15 is 0 Å². The molecule has 2 N–H and O–H groups in total. The lowest BCUT2D eigenvalue weighted by Crippen LogP contribution is -2.54. The predicted molar refractivity (Wildman–Crippen MR) is 132 cm³/mol. The fourth-order valence-electron chi connectivity index (χ4n) is 3.80. The van der Waals surface area contributed by atoms with Crippen LogP contribution in [0.1, 0.15) is 59.8 Å². The van der Waals surface area contributed by atoms with E-state index in [1.165, 1.54) is 0 Å². The van der Waals surface area contributed by atoms with Crippen LogP contribution in [0.2, 0.25) is 0 Å². The van der Waals surface area contributed by atoms with Crippen LogP contribution in [-0.2, 0) is 9.47 Å². The largest absolute Gasteiger partial charge is 0.450 e. The number of carbonyl (C=O) groups is 2. The number of hydrogen-bond donors (Lipinski definition) is 2. The van der Waals surface area contributed by atoms with Crippen LogP contribution in [0.5, 0.6) is 0 Å². The minimum absolute atomic E-state index is 0. The number of likely N-dealkylation sites (tertiary alicyclic amines) is 2. The van der Waals surface area contributed by atoms with Gasteiger partial charge in [0.25, 0.3) is 0 Å². The van der Waals surface area contributed by atoms with E-state index in [0.29, 0.717) is 26.2 Å². The summed E-state index contributed by atoms with van der Waals surface area (Å²) in [6, 6.07) is 0.327. The van der Waals surface area contributed by atoms with Crippen LogP contribution in [0.25, 0.3) is 0 Å². The van der Waals surface area contributed by atoms with Crippen molar-refractivity contribution in [3.63, 3.8) is 0 Å². The summed E-state index contributed by atoms with van der Waals surface area (Å²) >= 11 is 0. The molecule has 0 spiro atoms. The molecule has 2 amide bonds. The summed E-state index contributed by atoms with van der Waals surface area (Å²) in [6.45, 7) is 10.6. The third kappa shape index (κ3) is 9.28. The van der Waals surface area contributed by atoms with Crippen LogP contribution in [0.15, 0.2) is 4.99 Å². The molecule has 2 aliphatic rings. The molecule has 2 aliphatic heterocycles. The van der Waals surface area contributed by atoms with Crippen LogP contribution >= 0.6 is 24.0 Å². The average molecular weight is 553 g/mol. The Balaban J connectivity index is 0.00000480. The van der Waals surface area contributed by atoms with Gasteiger partial charge >= 0.3 is 12.2 Å². The summed E-state index contributed by atoms with van der Waals surface area (Å²) in [7, 11) is 1.75. The highest BCUT2D eigenvalue weighted by atomic mass is 127. The normalized spacial score (nSPS) is 20.5. The SMILES string of the molecule is CCOC(=O)N1CCC(NC(=NC)NCC2CCCCN2C(=O)OC(C)(C)C)CC1.I. The van der Waals surface area contributed by atoms with E-state index in [4.69, 9.17) is 9.47 Å². The molecular weight excluding hydrogens is 513 g/mol. The van der Waals surface area contributed by atoms with Gasteiger partial charge in [-0.05, 0) is 59.8 Å². The zero-order valence-corrected chi connectivity index (χ0v) is 21.9. The number of carbonyl (C=O) groups excluding carboxylic acids is 2. The number of nitrogens with one attached hydrogen (secondary N) is 2. The Bertz CT molecular complexity index is 603. The van der Waals surface area contributed by atoms with Gasteiger partial charge < -0.3 is 29.9 Å².